The van der Waals surface area contributed by atoms with E-state index in [1.807, 2.05) is 6.92 Å². The van der Waals surface area contributed by atoms with Gasteiger partial charge in [0.05, 0.1) is 10.4 Å². The first-order valence-electron chi connectivity index (χ1n) is 8.00. The van der Waals surface area contributed by atoms with Crippen LogP contribution in [0.2, 0.25) is 0 Å². The smallest absolute Gasteiger partial charge is 0.268 e. The summed E-state index contributed by atoms with van der Waals surface area (Å²) in [6, 6.07) is 10.9. The maximum absolute atomic E-state index is 14.4. The van der Waals surface area contributed by atoms with E-state index in [1.165, 1.54) is 18.3 Å². The van der Waals surface area contributed by atoms with Gasteiger partial charge in [-0.15, -0.1) is 0 Å². The molecule has 4 nitrogen and oxygen atoms in total. The summed E-state index contributed by atoms with van der Waals surface area (Å²) in [5, 5.41) is 0.285. The minimum absolute atomic E-state index is 0.119. The number of benzene rings is 2. The van der Waals surface area contributed by atoms with Crippen LogP contribution in [0.15, 0.2) is 53.6 Å². The number of carbonyl (C=O) groups excluding carboxylic acids is 1. The molecule has 4 rings (SSSR count). The Morgan fingerprint density at radius 3 is 2.52 bits per heavy atom. The Kier molecular flexibility index (Phi) is 3.54. The predicted molar refractivity (Wildman–Crippen MR) is 92.6 cm³/mol. The number of rotatable bonds is 4. The van der Waals surface area contributed by atoms with Gasteiger partial charge in [-0.3, -0.25) is 0 Å². The molecule has 6 heteroatoms. The lowest BCUT2D eigenvalue weighted by atomic mass is 10.1. The first-order valence-corrected chi connectivity index (χ1v) is 9.44. The number of aldehydes is 1. The SMILES string of the molecule is Cc1ccc(S(=O)(=O)n2cc([C@H]3C[C@@H]3C=O)c3c(F)cccc32)cc1. The van der Waals surface area contributed by atoms with Crippen LogP contribution in [0, 0.1) is 18.7 Å². The van der Waals surface area contributed by atoms with Gasteiger partial charge in [0, 0.05) is 17.5 Å². The predicted octanol–water partition coefficient (Wildman–Crippen LogP) is 3.63. The van der Waals surface area contributed by atoms with Gasteiger partial charge in [0.25, 0.3) is 10.0 Å². The number of aryl methyl sites for hydroxylation is 1. The van der Waals surface area contributed by atoms with Crippen molar-refractivity contribution in [3.05, 3.63) is 65.6 Å². The van der Waals surface area contributed by atoms with Crippen LogP contribution >= 0.6 is 0 Å². The van der Waals surface area contributed by atoms with E-state index in [1.54, 1.807) is 30.3 Å². The molecule has 1 fully saturated rings. The number of nitrogens with zero attached hydrogens (tertiary/aromatic N) is 1. The summed E-state index contributed by atoms with van der Waals surface area (Å²) in [6.07, 6.45) is 2.95. The molecule has 0 radical (unpaired) electrons. The van der Waals surface area contributed by atoms with Crippen molar-refractivity contribution < 1.29 is 17.6 Å². The van der Waals surface area contributed by atoms with Crippen LogP contribution < -0.4 is 0 Å². The van der Waals surface area contributed by atoms with Crippen molar-refractivity contribution in [1.82, 2.24) is 3.97 Å². The van der Waals surface area contributed by atoms with Crippen molar-refractivity contribution in [3.63, 3.8) is 0 Å². The second-order valence-corrected chi connectivity index (χ2v) is 8.29. The Morgan fingerprint density at radius 1 is 1.16 bits per heavy atom. The molecule has 0 amide bonds. The largest absolute Gasteiger partial charge is 0.303 e. The highest BCUT2D eigenvalue weighted by Crippen LogP contribution is 2.49. The third-order valence-corrected chi connectivity index (χ3v) is 6.45. The zero-order valence-corrected chi connectivity index (χ0v) is 14.3. The van der Waals surface area contributed by atoms with Gasteiger partial charge in [0.2, 0.25) is 0 Å². The molecule has 1 aromatic heterocycles. The molecule has 0 spiro atoms. The summed E-state index contributed by atoms with van der Waals surface area (Å²) in [5.41, 5.74) is 1.84. The maximum Gasteiger partial charge on any atom is 0.268 e. The molecule has 1 heterocycles. The molecular formula is C19H16FNO3S. The molecule has 0 N–H and O–H groups in total. The maximum atomic E-state index is 14.4. The van der Waals surface area contributed by atoms with E-state index in [-0.39, 0.29) is 22.1 Å². The molecule has 2 aromatic carbocycles. The highest BCUT2D eigenvalue weighted by molar-refractivity contribution is 7.90. The van der Waals surface area contributed by atoms with E-state index in [0.29, 0.717) is 17.5 Å². The lowest BCUT2D eigenvalue weighted by Crippen LogP contribution is -2.11. The van der Waals surface area contributed by atoms with Gasteiger partial charge in [-0.2, -0.15) is 0 Å². The molecule has 0 bridgehead atoms. The molecule has 1 saturated carbocycles. The average Bonchev–Trinajstić information content (AvgIpc) is 3.26. The number of carbonyl (C=O) groups is 1. The van der Waals surface area contributed by atoms with Crippen molar-refractivity contribution in [2.75, 3.05) is 0 Å². The standard InChI is InChI=1S/C19H16FNO3S/c1-12-5-7-14(8-6-12)25(23,24)21-10-16(15-9-13(15)11-22)19-17(20)3-2-4-18(19)21/h2-8,10-11,13,15H,9H2,1H3/t13-,15+/m1/s1. The highest BCUT2D eigenvalue weighted by atomic mass is 32.2. The van der Waals surface area contributed by atoms with Gasteiger partial charge < -0.3 is 4.79 Å². The summed E-state index contributed by atoms with van der Waals surface area (Å²) >= 11 is 0. The van der Waals surface area contributed by atoms with Crippen LogP contribution in [0.1, 0.15) is 23.5 Å². The molecule has 2 atom stereocenters. The van der Waals surface area contributed by atoms with Gasteiger partial charge in [-0.05, 0) is 49.1 Å². The topological polar surface area (TPSA) is 56.1 Å². The lowest BCUT2D eigenvalue weighted by Gasteiger charge is -2.08. The average molecular weight is 357 g/mol. The number of hydrogen-bond acceptors (Lipinski definition) is 3. The van der Waals surface area contributed by atoms with E-state index < -0.39 is 15.8 Å². The zero-order chi connectivity index (χ0) is 17.8. The van der Waals surface area contributed by atoms with E-state index in [0.717, 1.165) is 15.8 Å². The number of aromatic nitrogens is 1. The molecule has 128 valence electrons. The molecule has 0 unspecified atom stereocenters. The first-order chi connectivity index (χ1) is 11.9. The van der Waals surface area contributed by atoms with Crippen LogP contribution in [0.3, 0.4) is 0 Å². The van der Waals surface area contributed by atoms with Crippen LogP contribution in [0.4, 0.5) is 4.39 Å². The van der Waals surface area contributed by atoms with E-state index in [2.05, 4.69) is 0 Å². The highest BCUT2D eigenvalue weighted by Gasteiger charge is 2.41. The first kappa shape index (κ1) is 16.0. The van der Waals surface area contributed by atoms with Crippen molar-refractivity contribution in [3.8, 4) is 0 Å². The normalized spacial score (nSPS) is 19.9. The molecule has 25 heavy (non-hydrogen) atoms. The van der Waals surface area contributed by atoms with Crippen LogP contribution in [-0.2, 0) is 14.8 Å². The van der Waals surface area contributed by atoms with E-state index in [4.69, 9.17) is 0 Å². The quantitative estimate of drug-likeness (QED) is 0.670. The summed E-state index contributed by atoms with van der Waals surface area (Å²) in [5.74, 6) is -0.756. The number of fused-ring (bicyclic) bond motifs is 1. The van der Waals surface area contributed by atoms with Gasteiger partial charge in [-0.25, -0.2) is 16.8 Å². The third kappa shape index (κ3) is 2.48. The lowest BCUT2D eigenvalue weighted by molar-refractivity contribution is -0.108. The number of halogens is 1. The van der Waals surface area contributed by atoms with Crippen LogP contribution in [0.5, 0.6) is 0 Å². The summed E-state index contributed by atoms with van der Waals surface area (Å²) in [6.45, 7) is 1.88. The van der Waals surface area contributed by atoms with Crippen molar-refractivity contribution >= 4 is 27.2 Å². The van der Waals surface area contributed by atoms with E-state index in [9.17, 15) is 17.6 Å². The molecule has 1 aliphatic rings. The monoisotopic (exact) mass is 357 g/mol. The molecule has 0 aliphatic heterocycles. The van der Waals surface area contributed by atoms with E-state index >= 15 is 0 Å². The van der Waals surface area contributed by atoms with Crippen LogP contribution in [0.25, 0.3) is 10.9 Å². The minimum Gasteiger partial charge on any atom is -0.303 e. The minimum atomic E-state index is -3.85. The van der Waals surface area contributed by atoms with Crippen molar-refractivity contribution in [1.29, 1.82) is 0 Å². The fourth-order valence-corrected chi connectivity index (χ4v) is 4.64. The zero-order valence-electron chi connectivity index (χ0n) is 13.5. The molecule has 1 aliphatic carbocycles. The number of hydrogen-bond donors (Lipinski definition) is 0. The summed E-state index contributed by atoms with van der Waals surface area (Å²) in [7, 11) is -3.85. The summed E-state index contributed by atoms with van der Waals surface area (Å²) in [4.78, 5) is 11.2. The third-order valence-electron chi connectivity index (χ3n) is 4.77. The Balaban J connectivity index is 1.95. The second kappa shape index (κ2) is 5.52. The van der Waals surface area contributed by atoms with Crippen molar-refractivity contribution in [2.24, 2.45) is 5.92 Å². The van der Waals surface area contributed by atoms with Gasteiger partial charge in [-0.1, -0.05) is 23.8 Å². The van der Waals surface area contributed by atoms with Crippen LogP contribution in [-0.4, -0.2) is 18.7 Å². The van der Waals surface area contributed by atoms with Gasteiger partial charge in [0.1, 0.15) is 12.1 Å². The van der Waals surface area contributed by atoms with Gasteiger partial charge in [0.15, 0.2) is 0 Å². The fraction of sp³-hybridized carbons (Fsp3) is 0.211. The Labute approximate surface area is 144 Å². The summed E-state index contributed by atoms with van der Waals surface area (Å²) < 4.78 is 41.7. The van der Waals surface area contributed by atoms with Crippen molar-refractivity contribution in [2.45, 2.75) is 24.2 Å². The Bertz CT molecular complexity index is 1080. The van der Waals surface area contributed by atoms with Gasteiger partial charge >= 0.3 is 0 Å². The molecular weight excluding hydrogens is 341 g/mol. The molecule has 0 saturated heterocycles. The fourth-order valence-electron chi connectivity index (χ4n) is 3.27. The Hall–Kier alpha value is -2.47. The Morgan fingerprint density at radius 2 is 1.88 bits per heavy atom. The second-order valence-electron chi connectivity index (χ2n) is 6.47. The molecule has 3 aromatic rings.